The number of pyridine rings is 1. The summed E-state index contributed by atoms with van der Waals surface area (Å²) in [5.74, 6) is -0.315. The van der Waals surface area contributed by atoms with Crippen LogP contribution in [-0.4, -0.2) is 16.5 Å². The fraction of sp³-hybridized carbons (Fsp3) is 0.273. The second-order valence-corrected chi connectivity index (χ2v) is 4.25. The minimum Gasteiger partial charge on any atom is -0.306 e. The fourth-order valence-corrected chi connectivity index (χ4v) is 2.26. The van der Waals surface area contributed by atoms with Crippen LogP contribution in [0.1, 0.15) is 23.4 Å². The molecule has 5 heteroatoms. The van der Waals surface area contributed by atoms with Gasteiger partial charge < -0.3 is 5.32 Å². The van der Waals surface area contributed by atoms with Gasteiger partial charge in [0, 0.05) is 17.3 Å². The van der Waals surface area contributed by atoms with Crippen LogP contribution in [0.3, 0.4) is 0 Å². The van der Waals surface area contributed by atoms with Crippen molar-refractivity contribution in [3.8, 4) is 0 Å². The largest absolute Gasteiger partial charge is 0.306 e. The first-order valence-electron chi connectivity index (χ1n) is 5.03. The molecule has 2 heterocycles. The molecule has 0 saturated carbocycles. The van der Waals surface area contributed by atoms with Crippen LogP contribution >= 0.6 is 11.3 Å². The Morgan fingerprint density at radius 3 is 2.88 bits per heavy atom. The van der Waals surface area contributed by atoms with Gasteiger partial charge in [-0.05, 0) is 18.2 Å². The van der Waals surface area contributed by atoms with Crippen molar-refractivity contribution in [3.63, 3.8) is 0 Å². The third-order valence-electron chi connectivity index (χ3n) is 2.20. The molecule has 1 atom stereocenters. The summed E-state index contributed by atoms with van der Waals surface area (Å²) in [7, 11) is 0. The summed E-state index contributed by atoms with van der Waals surface area (Å²) in [4.78, 5) is 8.97. The van der Waals surface area contributed by atoms with Gasteiger partial charge in [-0.15, -0.1) is 11.3 Å². The van der Waals surface area contributed by atoms with Crippen molar-refractivity contribution in [2.75, 3.05) is 6.54 Å². The molecular weight excluding hydrogens is 225 g/mol. The third-order valence-corrected chi connectivity index (χ3v) is 3.04. The zero-order valence-electron chi connectivity index (χ0n) is 8.85. The van der Waals surface area contributed by atoms with Gasteiger partial charge in [0.05, 0.1) is 17.7 Å². The standard InChI is InChI=1S/C11H12FN3S/c1-2-15-11(10-6-14-7-16-10)8-3-9(12)5-13-4-8/h3-7,11,15H,2H2,1H3. The first-order chi connectivity index (χ1) is 7.81. The number of rotatable bonds is 4. The van der Waals surface area contributed by atoms with Gasteiger partial charge in [0.15, 0.2) is 0 Å². The maximum Gasteiger partial charge on any atom is 0.141 e. The first kappa shape index (κ1) is 11.2. The molecule has 2 aromatic heterocycles. The number of thiazole rings is 1. The summed E-state index contributed by atoms with van der Waals surface area (Å²) >= 11 is 1.55. The van der Waals surface area contributed by atoms with Crippen LogP contribution in [0, 0.1) is 5.82 Å². The molecule has 2 rings (SSSR count). The van der Waals surface area contributed by atoms with Gasteiger partial charge in [-0.2, -0.15) is 0 Å². The van der Waals surface area contributed by atoms with E-state index in [-0.39, 0.29) is 11.9 Å². The smallest absolute Gasteiger partial charge is 0.141 e. The molecule has 0 aromatic carbocycles. The lowest BCUT2D eigenvalue weighted by atomic mass is 10.1. The highest BCUT2D eigenvalue weighted by Gasteiger charge is 2.15. The maximum atomic E-state index is 13.1. The Kier molecular flexibility index (Phi) is 3.58. The zero-order valence-corrected chi connectivity index (χ0v) is 9.67. The van der Waals surface area contributed by atoms with Crippen LogP contribution in [0.5, 0.6) is 0 Å². The van der Waals surface area contributed by atoms with Gasteiger partial charge in [-0.1, -0.05) is 6.92 Å². The SMILES string of the molecule is CCNC(c1cncc(F)c1)c1cncs1. The van der Waals surface area contributed by atoms with Crippen LogP contribution < -0.4 is 5.32 Å². The van der Waals surface area contributed by atoms with Gasteiger partial charge in [0.2, 0.25) is 0 Å². The molecule has 0 amide bonds. The van der Waals surface area contributed by atoms with E-state index in [4.69, 9.17) is 0 Å². The van der Waals surface area contributed by atoms with Crippen LogP contribution in [-0.2, 0) is 0 Å². The van der Waals surface area contributed by atoms with Gasteiger partial charge >= 0.3 is 0 Å². The molecule has 0 bridgehead atoms. The number of hydrogen-bond donors (Lipinski definition) is 1. The Hall–Kier alpha value is -1.33. The van der Waals surface area contributed by atoms with Crippen LogP contribution in [0.4, 0.5) is 4.39 Å². The quantitative estimate of drug-likeness (QED) is 0.887. The van der Waals surface area contributed by atoms with Crippen LogP contribution in [0.2, 0.25) is 0 Å². The van der Waals surface area contributed by atoms with Crippen molar-refractivity contribution in [2.45, 2.75) is 13.0 Å². The summed E-state index contributed by atoms with van der Waals surface area (Å²) in [5.41, 5.74) is 2.60. The summed E-state index contributed by atoms with van der Waals surface area (Å²) in [6.07, 6.45) is 4.68. The summed E-state index contributed by atoms with van der Waals surface area (Å²) in [6.45, 7) is 2.82. The molecule has 0 spiro atoms. The molecule has 0 fully saturated rings. The second-order valence-electron chi connectivity index (χ2n) is 3.33. The molecule has 0 radical (unpaired) electrons. The van der Waals surface area contributed by atoms with Gasteiger partial charge in [0.1, 0.15) is 5.82 Å². The van der Waals surface area contributed by atoms with E-state index < -0.39 is 0 Å². The average molecular weight is 237 g/mol. The van der Waals surface area contributed by atoms with Crippen molar-refractivity contribution < 1.29 is 4.39 Å². The molecule has 16 heavy (non-hydrogen) atoms. The molecule has 1 unspecified atom stereocenters. The normalized spacial score (nSPS) is 12.6. The second kappa shape index (κ2) is 5.14. The van der Waals surface area contributed by atoms with Gasteiger partial charge in [-0.3, -0.25) is 9.97 Å². The number of halogens is 1. The summed E-state index contributed by atoms with van der Waals surface area (Å²) in [6, 6.07) is 1.47. The van der Waals surface area contributed by atoms with Crippen molar-refractivity contribution in [3.05, 3.63) is 46.4 Å². The monoisotopic (exact) mass is 237 g/mol. The molecule has 3 nitrogen and oxygen atoms in total. The van der Waals surface area contributed by atoms with E-state index in [1.807, 2.05) is 6.92 Å². The third kappa shape index (κ3) is 2.43. The lowest BCUT2D eigenvalue weighted by Gasteiger charge is -2.15. The van der Waals surface area contributed by atoms with E-state index >= 15 is 0 Å². The summed E-state index contributed by atoms with van der Waals surface area (Å²) < 4.78 is 13.1. The molecule has 84 valence electrons. The van der Waals surface area contributed by atoms with Crippen LogP contribution in [0.15, 0.2) is 30.2 Å². The minimum atomic E-state index is -0.315. The van der Waals surface area contributed by atoms with E-state index in [0.29, 0.717) is 0 Å². The zero-order chi connectivity index (χ0) is 11.4. The minimum absolute atomic E-state index is 0.0271. The summed E-state index contributed by atoms with van der Waals surface area (Å²) in [5, 5.41) is 3.29. The Bertz CT molecular complexity index is 444. The van der Waals surface area contributed by atoms with Crippen LogP contribution in [0.25, 0.3) is 0 Å². The van der Waals surface area contributed by atoms with Gasteiger partial charge in [0.25, 0.3) is 0 Å². The maximum absolute atomic E-state index is 13.1. The predicted octanol–water partition coefficient (Wildman–Crippen LogP) is 2.38. The molecule has 2 aromatic rings. The fourth-order valence-electron chi connectivity index (χ4n) is 1.54. The topological polar surface area (TPSA) is 37.8 Å². The van der Waals surface area contributed by atoms with E-state index in [1.54, 1.807) is 29.2 Å². The first-order valence-corrected chi connectivity index (χ1v) is 5.91. The Balaban J connectivity index is 2.33. The van der Waals surface area contributed by atoms with E-state index in [2.05, 4.69) is 15.3 Å². The Labute approximate surface area is 97.4 Å². The van der Waals surface area contributed by atoms with Crippen molar-refractivity contribution in [1.29, 1.82) is 0 Å². The molecule has 0 saturated heterocycles. The van der Waals surface area contributed by atoms with Crippen molar-refractivity contribution in [2.24, 2.45) is 0 Å². The highest BCUT2D eigenvalue weighted by molar-refractivity contribution is 7.09. The number of nitrogens with one attached hydrogen (secondary N) is 1. The number of hydrogen-bond acceptors (Lipinski definition) is 4. The Morgan fingerprint density at radius 1 is 1.38 bits per heavy atom. The molecule has 0 aliphatic rings. The van der Waals surface area contributed by atoms with E-state index in [0.717, 1.165) is 17.0 Å². The van der Waals surface area contributed by atoms with Crippen molar-refractivity contribution in [1.82, 2.24) is 15.3 Å². The van der Waals surface area contributed by atoms with Crippen molar-refractivity contribution >= 4 is 11.3 Å². The van der Waals surface area contributed by atoms with E-state index in [1.165, 1.54) is 12.3 Å². The predicted molar refractivity (Wildman–Crippen MR) is 61.8 cm³/mol. The molecule has 0 aliphatic carbocycles. The molecule has 0 aliphatic heterocycles. The molecule has 1 N–H and O–H groups in total. The Morgan fingerprint density at radius 2 is 2.25 bits per heavy atom. The lowest BCUT2D eigenvalue weighted by Crippen LogP contribution is -2.21. The highest BCUT2D eigenvalue weighted by atomic mass is 32.1. The lowest BCUT2D eigenvalue weighted by molar-refractivity contribution is 0.599. The number of aromatic nitrogens is 2. The number of nitrogens with zero attached hydrogens (tertiary/aromatic N) is 2. The van der Waals surface area contributed by atoms with Gasteiger partial charge in [-0.25, -0.2) is 4.39 Å². The molecular formula is C11H12FN3S. The van der Waals surface area contributed by atoms with E-state index in [9.17, 15) is 4.39 Å². The highest BCUT2D eigenvalue weighted by Crippen LogP contribution is 2.24. The average Bonchev–Trinajstić information content (AvgIpc) is 2.79.